The normalized spacial score (nSPS) is 16.1. The molecular formula is C20H20F3N5O2. The summed E-state index contributed by atoms with van der Waals surface area (Å²) in [7, 11) is 0. The molecule has 1 atom stereocenters. The van der Waals surface area contributed by atoms with E-state index in [-0.39, 0.29) is 29.9 Å². The number of alkyl halides is 2. The van der Waals surface area contributed by atoms with Crippen molar-refractivity contribution in [2.75, 3.05) is 18.4 Å². The van der Waals surface area contributed by atoms with Crippen LogP contribution in [0.5, 0.6) is 5.75 Å². The SMILES string of the molecule is N#Cc1ccc(NC2CCCN(C(=O)NCc3ccc(OC(F)F)cc3F)C2)nc1. The number of urea groups is 1. The van der Waals surface area contributed by atoms with E-state index in [9.17, 15) is 18.0 Å². The molecule has 10 heteroatoms. The van der Waals surface area contributed by atoms with Crippen LogP contribution in [0, 0.1) is 17.1 Å². The second kappa shape index (κ2) is 9.82. The fourth-order valence-corrected chi connectivity index (χ4v) is 3.16. The van der Waals surface area contributed by atoms with Crippen LogP contribution in [0.3, 0.4) is 0 Å². The summed E-state index contributed by atoms with van der Waals surface area (Å²) < 4.78 is 42.5. The van der Waals surface area contributed by atoms with E-state index in [4.69, 9.17) is 5.26 Å². The Hall–Kier alpha value is -3.48. The third kappa shape index (κ3) is 5.76. The average molecular weight is 419 g/mol. The van der Waals surface area contributed by atoms with Gasteiger partial charge in [-0.15, -0.1) is 0 Å². The fourth-order valence-electron chi connectivity index (χ4n) is 3.16. The Morgan fingerprint density at radius 3 is 2.87 bits per heavy atom. The number of anilines is 1. The Kier molecular flexibility index (Phi) is 6.95. The number of amides is 2. The highest BCUT2D eigenvalue weighted by molar-refractivity contribution is 5.74. The molecule has 1 aromatic carbocycles. The largest absolute Gasteiger partial charge is 0.435 e. The maximum atomic E-state index is 14.0. The second-order valence-corrected chi connectivity index (χ2v) is 6.76. The Labute approximate surface area is 171 Å². The first-order valence-corrected chi connectivity index (χ1v) is 9.33. The maximum absolute atomic E-state index is 14.0. The van der Waals surface area contributed by atoms with Crippen molar-refractivity contribution in [1.29, 1.82) is 5.26 Å². The van der Waals surface area contributed by atoms with Gasteiger partial charge in [0.25, 0.3) is 0 Å². The standard InChI is InChI=1S/C20H20F3N5O2/c21-17-8-16(30-19(22)23)5-4-14(17)11-26-20(29)28-7-1-2-15(12-28)27-18-6-3-13(9-24)10-25-18/h3-6,8,10,15,19H,1-2,7,11-12H2,(H,25,27)(H,26,29). The lowest BCUT2D eigenvalue weighted by Gasteiger charge is -2.33. The van der Waals surface area contributed by atoms with Crippen molar-refractivity contribution in [2.24, 2.45) is 0 Å². The topological polar surface area (TPSA) is 90.3 Å². The van der Waals surface area contributed by atoms with Crippen molar-refractivity contribution in [2.45, 2.75) is 32.0 Å². The van der Waals surface area contributed by atoms with Gasteiger partial charge in [-0.2, -0.15) is 14.0 Å². The predicted molar refractivity (Wildman–Crippen MR) is 102 cm³/mol. The van der Waals surface area contributed by atoms with Crippen molar-refractivity contribution in [3.8, 4) is 11.8 Å². The van der Waals surface area contributed by atoms with Crippen LogP contribution in [-0.4, -0.2) is 41.7 Å². The summed E-state index contributed by atoms with van der Waals surface area (Å²) in [6.45, 7) is -2.10. The number of nitrogens with zero attached hydrogens (tertiary/aromatic N) is 3. The van der Waals surface area contributed by atoms with Crippen LogP contribution in [0.25, 0.3) is 0 Å². The molecule has 0 saturated carbocycles. The van der Waals surface area contributed by atoms with E-state index in [2.05, 4.69) is 20.4 Å². The second-order valence-electron chi connectivity index (χ2n) is 6.76. The molecule has 2 heterocycles. The van der Waals surface area contributed by atoms with Crippen molar-refractivity contribution < 1.29 is 22.7 Å². The smallest absolute Gasteiger partial charge is 0.387 e. The number of hydrogen-bond donors (Lipinski definition) is 2. The molecule has 2 aromatic rings. The lowest BCUT2D eigenvalue weighted by Crippen LogP contribution is -2.49. The highest BCUT2D eigenvalue weighted by Crippen LogP contribution is 2.19. The van der Waals surface area contributed by atoms with Gasteiger partial charge in [-0.05, 0) is 31.0 Å². The third-order valence-corrected chi connectivity index (χ3v) is 4.63. The van der Waals surface area contributed by atoms with Crippen LogP contribution in [0.15, 0.2) is 36.5 Å². The average Bonchev–Trinajstić information content (AvgIpc) is 2.73. The molecule has 7 nitrogen and oxygen atoms in total. The van der Waals surface area contributed by atoms with E-state index in [0.29, 0.717) is 24.5 Å². The molecule has 0 radical (unpaired) electrons. The minimum Gasteiger partial charge on any atom is -0.435 e. The highest BCUT2D eigenvalue weighted by Gasteiger charge is 2.24. The summed E-state index contributed by atoms with van der Waals surface area (Å²) in [6, 6.07) is 8.40. The molecular weight excluding hydrogens is 399 g/mol. The molecule has 0 spiro atoms. The monoisotopic (exact) mass is 419 g/mol. The number of nitrogens with one attached hydrogen (secondary N) is 2. The third-order valence-electron chi connectivity index (χ3n) is 4.63. The summed E-state index contributed by atoms with van der Waals surface area (Å²) in [5.74, 6) is -0.396. The predicted octanol–water partition coefficient (Wildman–Crippen LogP) is 3.48. The minimum absolute atomic E-state index is 0.00699. The number of nitriles is 1. The molecule has 1 aromatic heterocycles. The number of carbonyl (C=O) groups is 1. The molecule has 1 aliphatic heterocycles. The van der Waals surface area contributed by atoms with Gasteiger partial charge < -0.3 is 20.3 Å². The quantitative estimate of drug-likeness (QED) is 0.748. The first-order chi connectivity index (χ1) is 14.4. The fraction of sp³-hybridized carbons (Fsp3) is 0.350. The summed E-state index contributed by atoms with van der Waals surface area (Å²) >= 11 is 0. The number of likely N-dealkylation sites (tertiary alicyclic amines) is 1. The Balaban J connectivity index is 1.52. The van der Waals surface area contributed by atoms with E-state index < -0.39 is 12.4 Å². The van der Waals surface area contributed by atoms with E-state index in [0.717, 1.165) is 18.9 Å². The first kappa shape index (κ1) is 21.2. The van der Waals surface area contributed by atoms with Crippen LogP contribution < -0.4 is 15.4 Å². The maximum Gasteiger partial charge on any atom is 0.387 e. The summed E-state index contributed by atoms with van der Waals surface area (Å²) in [5, 5.41) is 14.7. The zero-order valence-electron chi connectivity index (χ0n) is 15.9. The summed E-state index contributed by atoms with van der Waals surface area (Å²) in [5.41, 5.74) is 0.629. The molecule has 2 N–H and O–H groups in total. The van der Waals surface area contributed by atoms with Crippen molar-refractivity contribution in [1.82, 2.24) is 15.2 Å². The number of pyridine rings is 1. The van der Waals surface area contributed by atoms with Gasteiger partial charge >= 0.3 is 12.6 Å². The van der Waals surface area contributed by atoms with Crippen LogP contribution in [0.4, 0.5) is 23.8 Å². The Morgan fingerprint density at radius 1 is 1.37 bits per heavy atom. The molecule has 0 bridgehead atoms. The van der Waals surface area contributed by atoms with Gasteiger partial charge in [0.1, 0.15) is 23.5 Å². The van der Waals surface area contributed by atoms with Crippen molar-refractivity contribution >= 4 is 11.8 Å². The lowest BCUT2D eigenvalue weighted by atomic mass is 10.1. The van der Waals surface area contributed by atoms with Crippen LogP contribution >= 0.6 is 0 Å². The van der Waals surface area contributed by atoms with E-state index >= 15 is 0 Å². The van der Waals surface area contributed by atoms with Crippen LogP contribution in [-0.2, 0) is 6.54 Å². The first-order valence-electron chi connectivity index (χ1n) is 9.33. The number of hydrogen-bond acceptors (Lipinski definition) is 5. The van der Waals surface area contributed by atoms with Crippen LogP contribution in [0.1, 0.15) is 24.0 Å². The minimum atomic E-state index is -3.03. The molecule has 1 aliphatic rings. The molecule has 0 aliphatic carbocycles. The zero-order valence-corrected chi connectivity index (χ0v) is 15.9. The molecule has 1 saturated heterocycles. The highest BCUT2D eigenvalue weighted by atomic mass is 19.3. The molecule has 158 valence electrons. The van der Waals surface area contributed by atoms with Gasteiger partial charge in [-0.1, -0.05) is 6.07 Å². The van der Waals surface area contributed by atoms with Gasteiger partial charge in [0.05, 0.1) is 5.56 Å². The Bertz CT molecular complexity index is 918. The molecule has 30 heavy (non-hydrogen) atoms. The Morgan fingerprint density at radius 2 is 2.20 bits per heavy atom. The molecule has 3 rings (SSSR count). The zero-order chi connectivity index (χ0) is 21.5. The number of piperidine rings is 1. The van der Waals surface area contributed by atoms with Gasteiger partial charge in [0, 0.05) is 43.5 Å². The number of aromatic nitrogens is 1. The van der Waals surface area contributed by atoms with Gasteiger partial charge in [0.15, 0.2) is 0 Å². The summed E-state index contributed by atoms with van der Waals surface area (Å²) in [6.07, 6.45) is 3.11. The van der Waals surface area contributed by atoms with Crippen LogP contribution in [0.2, 0.25) is 0 Å². The van der Waals surface area contributed by atoms with E-state index in [1.54, 1.807) is 17.0 Å². The van der Waals surface area contributed by atoms with Gasteiger partial charge in [-0.25, -0.2) is 14.2 Å². The lowest BCUT2D eigenvalue weighted by molar-refractivity contribution is -0.0500. The molecule has 2 amide bonds. The number of benzene rings is 1. The number of halogens is 3. The van der Waals surface area contributed by atoms with Crippen molar-refractivity contribution in [3.05, 3.63) is 53.5 Å². The van der Waals surface area contributed by atoms with Gasteiger partial charge in [-0.3, -0.25) is 0 Å². The van der Waals surface area contributed by atoms with E-state index in [1.165, 1.54) is 18.3 Å². The van der Waals surface area contributed by atoms with E-state index in [1.807, 2.05) is 6.07 Å². The number of rotatable bonds is 6. The number of carbonyl (C=O) groups excluding carboxylic acids is 1. The van der Waals surface area contributed by atoms with Gasteiger partial charge in [0.2, 0.25) is 0 Å². The molecule has 1 unspecified atom stereocenters. The molecule has 1 fully saturated rings. The van der Waals surface area contributed by atoms with Crippen molar-refractivity contribution in [3.63, 3.8) is 0 Å². The summed E-state index contributed by atoms with van der Waals surface area (Å²) in [4.78, 5) is 18.3. The number of ether oxygens (including phenoxy) is 1.